The van der Waals surface area contributed by atoms with Gasteiger partial charge in [0.25, 0.3) is 0 Å². The number of nitrogens with zero attached hydrogens (tertiary/aromatic N) is 3. The molecule has 0 saturated heterocycles. The number of aliphatic imine (C=N–C) groups is 1. The van der Waals surface area contributed by atoms with Gasteiger partial charge in [0.2, 0.25) is 12.0 Å². The zero-order valence-corrected chi connectivity index (χ0v) is 31.2. The Kier molecular flexibility index (Phi) is 18.7. The van der Waals surface area contributed by atoms with Gasteiger partial charge in [0.15, 0.2) is 6.23 Å². The van der Waals surface area contributed by atoms with Crippen molar-refractivity contribution in [1.29, 1.82) is 0 Å². The van der Waals surface area contributed by atoms with Gasteiger partial charge >= 0.3 is 12.2 Å². The summed E-state index contributed by atoms with van der Waals surface area (Å²) in [4.78, 5) is 57.6. The number of hydrogen-bond donors (Lipinski definition) is 2. The summed E-state index contributed by atoms with van der Waals surface area (Å²) in [7, 11) is 0. The molecule has 2 unspecified atom stereocenters. The van der Waals surface area contributed by atoms with E-state index in [-0.39, 0.29) is 38.7 Å². The van der Waals surface area contributed by atoms with Crippen molar-refractivity contribution in [2.24, 2.45) is 10.7 Å². The predicted molar refractivity (Wildman–Crippen MR) is 209 cm³/mol. The van der Waals surface area contributed by atoms with Gasteiger partial charge in [-0.2, -0.15) is 4.99 Å². The second kappa shape index (κ2) is 24.5. The van der Waals surface area contributed by atoms with Crippen LogP contribution in [0, 0.1) is 0 Å². The molecule has 0 bridgehead atoms. The standard InChI is InChI=1S/C43H51N5O7/c44-39(30-35-16-5-1-6-17-35)41(50)47(29-24-40(46-34-49)53-31-36-18-7-2-8-19-36)26-13-14-27-48(43(52)55-33-38-22-11-4-12-23-38)28-15-25-45-42(51)54-32-37-20-9-3-10-21-37/h1-12,16-23,39-40H,13-15,24-33,44H2,(H,45,51). The van der Waals surface area contributed by atoms with Crippen molar-refractivity contribution in [3.63, 3.8) is 0 Å². The summed E-state index contributed by atoms with van der Waals surface area (Å²) >= 11 is 0. The Hall–Kier alpha value is -5.81. The second-order valence-corrected chi connectivity index (χ2v) is 13.0. The lowest BCUT2D eigenvalue weighted by Gasteiger charge is -2.28. The lowest BCUT2D eigenvalue weighted by molar-refractivity contribution is -0.133. The van der Waals surface area contributed by atoms with Crippen molar-refractivity contribution < 1.29 is 33.4 Å². The quantitative estimate of drug-likeness (QED) is 0.0503. The summed E-state index contributed by atoms with van der Waals surface area (Å²) in [5.74, 6) is -0.231. The number of unbranched alkanes of at least 4 members (excludes halogenated alkanes) is 1. The highest BCUT2D eigenvalue weighted by Crippen LogP contribution is 2.12. The number of nitrogens with one attached hydrogen (secondary N) is 1. The fourth-order valence-electron chi connectivity index (χ4n) is 5.74. The van der Waals surface area contributed by atoms with E-state index in [0.717, 1.165) is 22.3 Å². The highest BCUT2D eigenvalue weighted by molar-refractivity contribution is 5.82. The smallest absolute Gasteiger partial charge is 0.410 e. The van der Waals surface area contributed by atoms with Crippen molar-refractivity contribution in [3.8, 4) is 0 Å². The minimum absolute atomic E-state index is 0.124. The Morgan fingerprint density at radius 1 is 0.636 bits per heavy atom. The van der Waals surface area contributed by atoms with Crippen molar-refractivity contribution in [3.05, 3.63) is 144 Å². The number of amides is 3. The molecule has 0 aliphatic rings. The molecule has 0 heterocycles. The van der Waals surface area contributed by atoms with Crippen LogP contribution in [-0.4, -0.2) is 79.0 Å². The molecule has 3 N–H and O–H groups in total. The number of benzene rings is 4. The van der Waals surface area contributed by atoms with Gasteiger partial charge in [-0.25, -0.2) is 14.4 Å². The molecule has 0 fully saturated rings. The van der Waals surface area contributed by atoms with Gasteiger partial charge in [0.05, 0.1) is 12.6 Å². The van der Waals surface area contributed by atoms with Gasteiger partial charge in [-0.1, -0.05) is 121 Å². The van der Waals surface area contributed by atoms with Crippen molar-refractivity contribution >= 4 is 24.2 Å². The molecule has 3 amide bonds. The molecule has 0 spiro atoms. The van der Waals surface area contributed by atoms with E-state index in [1.54, 1.807) is 15.9 Å². The molecule has 4 aromatic carbocycles. The Morgan fingerprint density at radius 2 is 1.13 bits per heavy atom. The minimum Gasteiger partial charge on any atom is -0.445 e. The number of isocyanates is 1. The van der Waals surface area contributed by atoms with E-state index < -0.39 is 24.5 Å². The maximum Gasteiger partial charge on any atom is 0.410 e. The fourth-order valence-corrected chi connectivity index (χ4v) is 5.74. The van der Waals surface area contributed by atoms with Crippen LogP contribution in [-0.2, 0) is 50.0 Å². The van der Waals surface area contributed by atoms with E-state index in [1.165, 1.54) is 0 Å². The number of hydrogen-bond acceptors (Lipinski definition) is 9. The maximum absolute atomic E-state index is 13.7. The molecule has 4 aromatic rings. The Labute approximate surface area is 323 Å². The van der Waals surface area contributed by atoms with Gasteiger partial charge in [-0.3, -0.25) is 4.79 Å². The summed E-state index contributed by atoms with van der Waals surface area (Å²) in [6.07, 6.45) is 2.01. The van der Waals surface area contributed by atoms with Crippen LogP contribution >= 0.6 is 0 Å². The first-order chi connectivity index (χ1) is 26.9. The molecular formula is C43H51N5O7. The molecule has 12 nitrogen and oxygen atoms in total. The van der Waals surface area contributed by atoms with Crippen LogP contribution in [0.15, 0.2) is 126 Å². The van der Waals surface area contributed by atoms with Crippen molar-refractivity contribution in [2.45, 2.75) is 64.2 Å². The Morgan fingerprint density at radius 3 is 1.69 bits per heavy atom. The molecule has 0 radical (unpaired) electrons. The van der Waals surface area contributed by atoms with E-state index in [2.05, 4.69) is 10.3 Å². The van der Waals surface area contributed by atoms with Gasteiger partial charge in [0, 0.05) is 39.1 Å². The zero-order valence-electron chi connectivity index (χ0n) is 31.2. The SMILES string of the molecule is NC(Cc1ccccc1)C(=O)N(CCCCN(CCCNC(=O)OCc1ccccc1)C(=O)OCc1ccccc1)CCC(N=C=O)OCc1ccccc1. The lowest BCUT2D eigenvalue weighted by Crippen LogP contribution is -2.46. The minimum atomic E-state index is -0.794. The van der Waals surface area contributed by atoms with Gasteiger partial charge in [-0.15, -0.1) is 0 Å². The average molecular weight is 750 g/mol. The van der Waals surface area contributed by atoms with Crippen molar-refractivity contribution in [2.75, 3.05) is 32.7 Å². The molecule has 0 saturated carbocycles. The first-order valence-corrected chi connectivity index (χ1v) is 18.6. The third-order valence-corrected chi connectivity index (χ3v) is 8.71. The van der Waals surface area contributed by atoms with E-state index in [0.29, 0.717) is 51.9 Å². The Bertz CT molecular complexity index is 1740. The predicted octanol–water partition coefficient (Wildman–Crippen LogP) is 6.39. The number of ether oxygens (including phenoxy) is 3. The lowest BCUT2D eigenvalue weighted by atomic mass is 10.1. The summed E-state index contributed by atoms with van der Waals surface area (Å²) < 4.78 is 16.8. The third kappa shape index (κ3) is 16.4. The van der Waals surface area contributed by atoms with Crippen LogP contribution in [0.4, 0.5) is 9.59 Å². The number of carbonyl (C=O) groups excluding carboxylic acids is 4. The van der Waals surface area contributed by atoms with Crippen LogP contribution in [0.5, 0.6) is 0 Å². The first kappa shape index (κ1) is 41.9. The van der Waals surface area contributed by atoms with Gasteiger partial charge in [-0.05, 0) is 47.9 Å². The highest BCUT2D eigenvalue weighted by atomic mass is 16.6. The molecular weight excluding hydrogens is 699 g/mol. The normalized spacial score (nSPS) is 11.7. The molecule has 0 aromatic heterocycles. The summed E-state index contributed by atoms with van der Waals surface area (Å²) in [5.41, 5.74) is 10.1. The molecule has 0 aliphatic carbocycles. The molecule has 290 valence electrons. The first-order valence-electron chi connectivity index (χ1n) is 18.6. The molecule has 2 atom stereocenters. The topological polar surface area (TPSA) is 153 Å². The molecule has 12 heteroatoms. The van der Waals surface area contributed by atoms with Crippen LogP contribution in [0.3, 0.4) is 0 Å². The zero-order chi connectivity index (χ0) is 38.9. The molecule has 4 rings (SSSR count). The largest absolute Gasteiger partial charge is 0.445 e. The average Bonchev–Trinajstić information content (AvgIpc) is 3.22. The number of nitrogens with two attached hydrogens (primary N) is 1. The van der Waals surface area contributed by atoms with Crippen LogP contribution in [0.25, 0.3) is 0 Å². The van der Waals surface area contributed by atoms with Crippen LogP contribution < -0.4 is 11.1 Å². The monoisotopic (exact) mass is 749 g/mol. The van der Waals surface area contributed by atoms with Crippen molar-refractivity contribution in [1.82, 2.24) is 15.1 Å². The van der Waals surface area contributed by atoms with E-state index >= 15 is 0 Å². The second-order valence-electron chi connectivity index (χ2n) is 13.0. The van der Waals surface area contributed by atoms with Gasteiger partial charge < -0.3 is 35.1 Å². The van der Waals surface area contributed by atoms with Crippen LogP contribution in [0.1, 0.15) is 47.9 Å². The third-order valence-electron chi connectivity index (χ3n) is 8.71. The van der Waals surface area contributed by atoms with E-state index in [9.17, 15) is 19.2 Å². The highest BCUT2D eigenvalue weighted by Gasteiger charge is 2.23. The molecule has 0 aliphatic heterocycles. The Balaban J connectivity index is 1.33. The van der Waals surface area contributed by atoms with E-state index in [4.69, 9.17) is 19.9 Å². The summed E-state index contributed by atoms with van der Waals surface area (Å²) in [5, 5.41) is 2.74. The molecule has 55 heavy (non-hydrogen) atoms. The number of carbonyl (C=O) groups is 3. The summed E-state index contributed by atoms with van der Waals surface area (Å²) in [6.45, 7) is 2.14. The fraction of sp³-hybridized carbons (Fsp3) is 0.349. The van der Waals surface area contributed by atoms with E-state index in [1.807, 2.05) is 121 Å². The maximum atomic E-state index is 13.7. The number of alkyl carbamates (subject to hydrolysis) is 1. The van der Waals surface area contributed by atoms with Gasteiger partial charge in [0.1, 0.15) is 13.2 Å². The van der Waals surface area contributed by atoms with Crippen LogP contribution in [0.2, 0.25) is 0 Å². The summed E-state index contributed by atoms with van der Waals surface area (Å²) in [6, 6.07) is 37.1. The number of rotatable bonds is 23.